The molecule has 3 rings (SSSR count). The van der Waals surface area contributed by atoms with Crippen molar-refractivity contribution in [3.63, 3.8) is 0 Å². The molecule has 1 aromatic carbocycles. The van der Waals surface area contributed by atoms with E-state index in [-0.39, 0.29) is 33.0 Å². The van der Waals surface area contributed by atoms with E-state index in [9.17, 15) is 13.6 Å². The van der Waals surface area contributed by atoms with Crippen molar-refractivity contribution in [2.45, 2.75) is 25.4 Å². The number of benzene rings is 1. The topological polar surface area (TPSA) is 81.3 Å². The zero-order valence-electron chi connectivity index (χ0n) is 13.2. The fraction of sp³-hybridized carbons (Fsp3) is 0.400. The van der Waals surface area contributed by atoms with Gasteiger partial charge in [0.05, 0.1) is 11.0 Å². The first kappa shape index (κ1) is 18.1. The minimum atomic E-state index is -0.879. The third-order valence-corrected chi connectivity index (χ3v) is 4.98. The van der Waals surface area contributed by atoms with Crippen molar-refractivity contribution >= 4 is 50.3 Å². The van der Waals surface area contributed by atoms with E-state index in [0.717, 1.165) is 6.07 Å². The number of hydrogen-bond acceptors (Lipinski definition) is 5. The maximum absolute atomic E-state index is 14.4. The van der Waals surface area contributed by atoms with Crippen LogP contribution in [0.5, 0.6) is 0 Å². The average Bonchev–Trinajstić information content (AvgIpc) is 2.52. The first-order valence-corrected chi connectivity index (χ1v) is 8.61. The molecule has 1 saturated heterocycles. The Balaban J connectivity index is 2.10. The number of amides is 1. The summed E-state index contributed by atoms with van der Waals surface area (Å²) in [7, 11) is 0. The number of anilines is 1. The van der Waals surface area contributed by atoms with Crippen molar-refractivity contribution in [1.82, 2.24) is 9.97 Å². The number of nitrogens with two attached hydrogens (primary N) is 1. The van der Waals surface area contributed by atoms with Crippen LogP contribution in [0.4, 0.5) is 19.4 Å². The number of carbonyl (C=O) groups is 1. The molecule has 1 unspecified atom stereocenters. The Labute approximate surface area is 155 Å². The Bertz CT molecular complexity index is 869. The van der Waals surface area contributed by atoms with Gasteiger partial charge in [-0.3, -0.25) is 0 Å². The molecular weight excluding hydrogens is 422 g/mol. The Morgan fingerprint density at radius 1 is 1.48 bits per heavy atom. The molecule has 10 heteroatoms. The van der Waals surface area contributed by atoms with Gasteiger partial charge in [0, 0.05) is 11.9 Å². The summed E-state index contributed by atoms with van der Waals surface area (Å²) < 4.78 is 33.3. The molecule has 0 spiro atoms. The number of piperidine rings is 1. The van der Waals surface area contributed by atoms with E-state index in [1.54, 1.807) is 11.8 Å². The Morgan fingerprint density at radius 2 is 2.20 bits per heavy atom. The standard InChI is InChI=1S/C15H14BrClF2N4O2/c1-15(25-14(20)24)3-2-4-23(6-15)12-7-5-8(18)9(16)10(19)11(7)21-13(17)22-12/h5H,2-4,6H2,1H3,(H2,20,24). The molecule has 1 aliphatic rings. The highest BCUT2D eigenvalue weighted by molar-refractivity contribution is 9.10. The van der Waals surface area contributed by atoms with Crippen LogP contribution in [0.3, 0.4) is 0 Å². The highest BCUT2D eigenvalue weighted by Gasteiger charge is 2.35. The van der Waals surface area contributed by atoms with Crippen LogP contribution >= 0.6 is 27.5 Å². The summed E-state index contributed by atoms with van der Waals surface area (Å²) in [5.74, 6) is -1.35. The molecule has 2 heterocycles. The summed E-state index contributed by atoms with van der Waals surface area (Å²) in [6.45, 7) is 2.56. The van der Waals surface area contributed by atoms with Crippen LogP contribution < -0.4 is 10.6 Å². The van der Waals surface area contributed by atoms with Gasteiger partial charge in [-0.15, -0.1) is 0 Å². The van der Waals surface area contributed by atoms with Crippen molar-refractivity contribution in [2.75, 3.05) is 18.0 Å². The first-order chi connectivity index (χ1) is 11.7. The van der Waals surface area contributed by atoms with Gasteiger partial charge in [0.2, 0.25) is 5.28 Å². The highest BCUT2D eigenvalue weighted by atomic mass is 79.9. The molecule has 1 atom stereocenters. The lowest BCUT2D eigenvalue weighted by Gasteiger charge is -2.40. The van der Waals surface area contributed by atoms with E-state index in [4.69, 9.17) is 22.1 Å². The summed E-state index contributed by atoms with van der Waals surface area (Å²) in [6.07, 6.45) is 0.405. The zero-order chi connectivity index (χ0) is 18.4. The van der Waals surface area contributed by atoms with Crippen LogP contribution in [0.25, 0.3) is 10.9 Å². The first-order valence-electron chi connectivity index (χ1n) is 7.44. The van der Waals surface area contributed by atoms with E-state index in [0.29, 0.717) is 19.4 Å². The molecule has 25 heavy (non-hydrogen) atoms. The molecule has 2 aromatic rings. The fourth-order valence-electron chi connectivity index (χ4n) is 3.08. The van der Waals surface area contributed by atoms with Crippen LogP contribution in [0, 0.1) is 11.6 Å². The number of fused-ring (bicyclic) bond motifs is 1. The normalized spacial score (nSPS) is 20.8. The number of hydrogen-bond donors (Lipinski definition) is 1. The van der Waals surface area contributed by atoms with Gasteiger partial charge < -0.3 is 15.4 Å². The quantitative estimate of drug-likeness (QED) is 0.573. The van der Waals surface area contributed by atoms with Crippen molar-refractivity contribution in [2.24, 2.45) is 5.73 Å². The summed E-state index contributed by atoms with van der Waals surface area (Å²) in [5.41, 5.74) is 4.21. The number of carbonyl (C=O) groups excluding carboxylic acids is 1. The highest BCUT2D eigenvalue weighted by Crippen LogP contribution is 2.35. The Hall–Kier alpha value is -1.74. The second-order valence-corrected chi connectivity index (χ2v) is 7.23. The van der Waals surface area contributed by atoms with Gasteiger partial charge in [-0.05, 0) is 53.4 Å². The van der Waals surface area contributed by atoms with Crippen LogP contribution in [0.2, 0.25) is 5.28 Å². The number of nitrogens with zero attached hydrogens (tertiary/aromatic N) is 3. The van der Waals surface area contributed by atoms with Crippen LogP contribution in [-0.2, 0) is 4.74 Å². The molecule has 1 aromatic heterocycles. The van der Waals surface area contributed by atoms with Gasteiger partial charge in [-0.1, -0.05) is 0 Å². The smallest absolute Gasteiger partial charge is 0.405 e. The molecule has 1 amide bonds. The maximum atomic E-state index is 14.4. The third-order valence-electron chi connectivity index (χ3n) is 4.09. The minimum absolute atomic E-state index is 0.0913. The van der Waals surface area contributed by atoms with Crippen LogP contribution in [0.15, 0.2) is 10.5 Å². The van der Waals surface area contributed by atoms with Crippen molar-refractivity contribution in [1.29, 1.82) is 0 Å². The maximum Gasteiger partial charge on any atom is 0.405 e. The molecule has 1 fully saturated rings. The SMILES string of the molecule is CC1(OC(N)=O)CCCN(c2nc(Cl)nc3c(F)c(Br)c(F)cc23)C1. The van der Waals surface area contributed by atoms with Crippen molar-refractivity contribution < 1.29 is 18.3 Å². The lowest BCUT2D eigenvalue weighted by atomic mass is 9.94. The van der Waals surface area contributed by atoms with Crippen LogP contribution in [0.1, 0.15) is 19.8 Å². The third kappa shape index (κ3) is 3.48. The van der Waals surface area contributed by atoms with Gasteiger partial charge in [-0.25, -0.2) is 18.6 Å². The molecule has 0 saturated carbocycles. The van der Waals surface area contributed by atoms with E-state index >= 15 is 0 Å². The monoisotopic (exact) mass is 434 g/mol. The van der Waals surface area contributed by atoms with E-state index in [2.05, 4.69) is 25.9 Å². The summed E-state index contributed by atoms with van der Waals surface area (Å²) in [4.78, 5) is 20.9. The molecule has 0 bridgehead atoms. The predicted octanol–water partition coefficient (Wildman–Crippen LogP) is 3.78. The Morgan fingerprint density at radius 3 is 2.88 bits per heavy atom. The number of primary amides is 1. The van der Waals surface area contributed by atoms with Gasteiger partial charge in [0.15, 0.2) is 5.82 Å². The molecule has 0 aliphatic carbocycles. The largest absolute Gasteiger partial charge is 0.442 e. The van der Waals surface area contributed by atoms with Gasteiger partial charge in [-0.2, -0.15) is 4.98 Å². The number of aromatic nitrogens is 2. The van der Waals surface area contributed by atoms with E-state index in [1.807, 2.05) is 0 Å². The Kier molecular flexibility index (Phi) is 4.72. The minimum Gasteiger partial charge on any atom is -0.442 e. The number of ether oxygens (including phenoxy) is 1. The average molecular weight is 436 g/mol. The van der Waals surface area contributed by atoms with Crippen LogP contribution in [-0.4, -0.2) is 34.8 Å². The molecule has 6 nitrogen and oxygen atoms in total. The van der Waals surface area contributed by atoms with E-state index in [1.165, 1.54) is 0 Å². The van der Waals surface area contributed by atoms with Crippen molar-refractivity contribution in [3.8, 4) is 0 Å². The molecule has 0 radical (unpaired) electrons. The predicted molar refractivity (Wildman–Crippen MR) is 92.7 cm³/mol. The van der Waals surface area contributed by atoms with Gasteiger partial charge in [0.25, 0.3) is 0 Å². The number of rotatable bonds is 2. The zero-order valence-corrected chi connectivity index (χ0v) is 15.5. The second-order valence-electron chi connectivity index (χ2n) is 6.09. The van der Waals surface area contributed by atoms with Crippen molar-refractivity contribution in [3.05, 3.63) is 27.5 Å². The number of halogens is 4. The summed E-state index contributed by atoms with van der Waals surface area (Å²) in [5, 5.41) is 0.0222. The lowest BCUT2D eigenvalue weighted by Crippen LogP contribution is -2.50. The summed E-state index contributed by atoms with van der Waals surface area (Å²) >= 11 is 8.78. The second kappa shape index (κ2) is 6.53. The molecule has 134 valence electrons. The molecule has 1 aliphatic heterocycles. The van der Waals surface area contributed by atoms with Gasteiger partial charge in [0.1, 0.15) is 22.8 Å². The fourth-order valence-corrected chi connectivity index (χ4v) is 3.55. The lowest BCUT2D eigenvalue weighted by molar-refractivity contribution is 0.0204. The van der Waals surface area contributed by atoms with Gasteiger partial charge >= 0.3 is 6.09 Å². The molecular formula is C15H14BrClF2N4O2. The van der Waals surface area contributed by atoms with E-state index < -0.39 is 23.3 Å². The molecule has 2 N–H and O–H groups in total. The summed E-state index contributed by atoms with van der Waals surface area (Å²) in [6, 6.07) is 1.15.